The van der Waals surface area contributed by atoms with Gasteiger partial charge in [0.2, 0.25) is 0 Å². The first-order chi connectivity index (χ1) is 5.90. The zero-order chi connectivity index (χ0) is 8.39. The van der Waals surface area contributed by atoms with Crippen molar-refractivity contribution >= 4 is 0 Å². The van der Waals surface area contributed by atoms with Crippen LogP contribution in [0.4, 0.5) is 0 Å². The van der Waals surface area contributed by atoms with Gasteiger partial charge in [0.15, 0.2) is 5.82 Å². The maximum atomic E-state index is 5.60. The number of H-pyrrole nitrogens is 1. The van der Waals surface area contributed by atoms with E-state index in [9.17, 15) is 0 Å². The summed E-state index contributed by atoms with van der Waals surface area (Å²) in [5, 5.41) is 6.57. The van der Waals surface area contributed by atoms with Crippen molar-refractivity contribution in [3.8, 4) is 0 Å². The van der Waals surface area contributed by atoms with Gasteiger partial charge in [0.05, 0.1) is 6.10 Å². The van der Waals surface area contributed by atoms with Gasteiger partial charge in [-0.2, -0.15) is 5.10 Å². The predicted octanol–water partition coefficient (Wildman–Crippen LogP) is -0.0165. The molecular weight excluding hydrogens is 156 g/mol. The lowest BCUT2D eigenvalue weighted by Gasteiger charge is -2.08. The molecule has 0 radical (unpaired) electrons. The highest BCUT2D eigenvalue weighted by molar-refractivity contribution is 4.91. The summed E-state index contributed by atoms with van der Waals surface area (Å²) in [6.45, 7) is 0.588. The Morgan fingerprint density at radius 1 is 1.67 bits per heavy atom. The van der Waals surface area contributed by atoms with Crippen LogP contribution in [0.3, 0.4) is 0 Å². The van der Waals surface area contributed by atoms with Gasteiger partial charge in [-0.05, 0) is 12.8 Å². The number of hydrogen-bond donors (Lipinski definition) is 2. The van der Waals surface area contributed by atoms with Crippen molar-refractivity contribution in [2.24, 2.45) is 5.73 Å². The van der Waals surface area contributed by atoms with Crippen LogP contribution < -0.4 is 5.73 Å². The lowest BCUT2D eigenvalue weighted by Crippen LogP contribution is -2.19. The normalized spacial score (nSPS) is 29.4. The summed E-state index contributed by atoms with van der Waals surface area (Å²) in [4.78, 5) is 4.03. The second kappa shape index (κ2) is 3.20. The molecule has 0 aliphatic carbocycles. The van der Waals surface area contributed by atoms with Gasteiger partial charge >= 0.3 is 0 Å². The van der Waals surface area contributed by atoms with Crippen LogP contribution in [0.5, 0.6) is 0 Å². The molecule has 0 amide bonds. The fraction of sp³-hybridized carbons (Fsp3) is 0.714. The molecule has 1 aromatic heterocycles. The molecule has 1 fully saturated rings. The SMILES string of the molecule is NC[C@@H]1CC[C@H](c2ncn[nH]2)O1. The third-order valence-electron chi connectivity index (χ3n) is 2.11. The zero-order valence-corrected chi connectivity index (χ0v) is 6.73. The molecule has 12 heavy (non-hydrogen) atoms. The minimum Gasteiger partial charge on any atom is -0.366 e. The lowest BCUT2D eigenvalue weighted by molar-refractivity contribution is 0.0450. The molecule has 1 saturated heterocycles. The highest BCUT2D eigenvalue weighted by atomic mass is 16.5. The van der Waals surface area contributed by atoms with E-state index < -0.39 is 0 Å². The first-order valence-corrected chi connectivity index (χ1v) is 4.11. The third kappa shape index (κ3) is 1.33. The molecule has 0 bridgehead atoms. The Morgan fingerprint density at radius 3 is 3.17 bits per heavy atom. The molecule has 2 atom stereocenters. The van der Waals surface area contributed by atoms with Gasteiger partial charge in [-0.25, -0.2) is 4.98 Å². The maximum Gasteiger partial charge on any atom is 0.153 e. The van der Waals surface area contributed by atoms with E-state index in [4.69, 9.17) is 10.5 Å². The minimum absolute atomic E-state index is 0.0704. The summed E-state index contributed by atoms with van der Waals surface area (Å²) in [5.74, 6) is 0.811. The van der Waals surface area contributed by atoms with E-state index in [1.807, 2.05) is 0 Å². The number of ether oxygens (including phenoxy) is 1. The first kappa shape index (κ1) is 7.70. The van der Waals surface area contributed by atoms with Gasteiger partial charge in [0.25, 0.3) is 0 Å². The fourth-order valence-electron chi connectivity index (χ4n) is 1.45. The fourth-order valence-corrected chi connectivity index (χ4v) is 1.45. The second-order valence-corrected chi connectivity index (χ2v) is 2.93. The number of aromatic amines is 1. The molecule has 1 aliphatic rings. The van der Waals surface area contributed by atoms with E-state index >= 15 is 0 Å². The number of nitrogens with one attached hydrogen (secondary N) is 1. The Balaban J connectivity index is 2.00. The molecule has 5 nitrogen and oxygen atoms in total. The highest BCUT2D eigenvalue weighted by Crippen LogP contribution is 2.29. The lowest BCUT2D eigenvalue weighted by atomic mass is 10.2. The van der Waals surface area contributed by atoms with Gasteiger partial charge in [0.1, 0.15) is 12.4 Å². The smallest absolute Gasteiger partial charge is 0.153 e. The molecule has 5 heteroatoms. The van der Waals surface area contributed by atoms with Crippen molar-refractivity contribution < 1.29 is 4.74 Å². The van der Waals surface area contributed by atoms with E-state index in [1.165, 1.54) is 6.33 Å². The molecule has 1 aliphatic heterocycles. The monoisotopic (exact) mass is 168 g/mol. The van der Waals surface area contributed by atoms with Crippen molar-refractivity contribution in [2.45, 2.75) is 25.0 Å². The van der Waals surface area contributed by atoms with Gasteiger partial charge in [-0.1, -0.05) is 0 Å². The molecule has 2 heterocycles. The van der Waals surface area contributed by atoms with Crippen molar-refractivity contribution in [3.63, 3.8) is 0 Å². The van der Waals surface area contributed by atoms with E-state index in [2.05, 4.69) is 15.2 Å². The molecule has 0 aromatic carbocycles. The quantitative estimate of drug-likeness (QED) is 0.650. The Bertz CT molecular complexity index is 236. The van der Waals surface area contributed by atoms with Crippen LogP contribution in [0.15, 0.2) is 6.33 Å². The molecule has 0 unspecified atom stereocenters. The summed E-state index contributed by atoms with van der Waals surface area (Å²) in [6.07, 6.45) is 3.76. The maximum absolute atomic E-state index is 5.60. The summed E-state index contributed by atoms with van der Waals surface area (Å²) >= 11 is 0. The average Bonchev–Trinajstić information content (AvgIpc) is 2.75. The highest BCUT2D eigenvalue weighted by Gasteiger charge is 2.27. The third-order valence-corrected chi connectivity index (χ3v) is 2.11. The van der Waals surface area contributed by atoms with Crippen LogP contribution in [-0.2, 0) is 4.74 Å². The van der Waals surface area contributed by atoms with Crippen LogP contribution >= 0.6 is 0 Å². The zero-order valence-electron chi connectivity index (χ0n) is 6.73. The number of aromatic nitrogens is 3. The van der Waals surface area contributed by atoms with E-state index in [1.54, 1.807) is 0 Å². The summed E-state index contributed by atoms with van der Waals surface area (Å²) in [5.41, 5.74) is 5.48. The number of rotatable bonds is 2. The second-order valence-electron chi connectivity index (χ2n) is 2.93. The minimum atomic E-state index is 0.0704. The van der Waals surface area contributed by atoms with Crippen molar-refractivity contribution in [1.82, 2.24) is 15.2 Å². The van der Waals surface area contributed by atoms with E-state index in [0.29, 0.717) is 6.54 Å². The standard InChI is InChI=1S/C7H12N4O/c8-3-5-1-2-6(12-5)7-9-4-10-11-7/h4-6H,1-3,8H2,(H,9,10,11)/t5-,6+/m0/s1. The Hall–Kier alpha value is -0.940. The number of hydrogen-bond acceptors (Lipinski definition) is 4. The first-order valence-electron chi connectivity index (χ1n) is 4.11. The van der Waals surface area contributed by atoms with Crippen LogP contribution in [0.1, 0.15) is 24.8 Å². The van der Waals surface area contributed by atoms with Crippen LogP contribution in [0.25, 0.3) is 0 Å². The Morgan fingerprint density at radius 2 is 2.58 bits per heavy atom. The van der Waals surface area contributed by atoms with Gasteiger partial charge in [0, 0.05) is 6.54 Å². The molecule has 3 N–H and O–H groups in total. The van der Waals surface area contributed by atoms with Crippen LogP contribution in [-0.4, -0.2) is 27.8 Å². The number of nitrogens with two attached hydrogens (primary N) is 1. The van der Waals surface area contributed by atoms with Crippen molar-refractivity contribution in [2.75, 3.05) is 6.54 Å². The topological polar surface area (TPSA) is 76.8 Å². The van der Waals surface area contributed by atoms with Crippen LogP contribution in [0.2, 0.25) is 0 Å². The Kier molecular flexibility index (Phi) is 2.05. The number of nitrogens with zero attached hydrogens (tertiary/aromatic N) is 2. The summed E-state index contributed by atoms with van der Waals surface area (Å²) < 4.78 is 5.60. The van der Waals surface area contributed by atoms with Crippen molar-refractivity contribution in [3.05, 3.63) is 12.2 Å². The average molecular weight is 168 g/mol. The van der Waals surface area contributed by atoms with Gasteiger partial charge in [-0.3, -0.25) is 5.10 Å². The van der Waals surface area contributed by atoms with Gasteiger partial charge in [-0.15, -0.1) is 0 Å². The molecule has 0 spiro atoms. The summed E-state index contributed by atoms with van der Waals surface area (Å²) in [6, 6.07) is 0. The molecule has 1 aromatic rings. The molecule has 0 saturated carbocycles. The Labute approximate surface area is 70.3 Å². The van der Waals surface area contributed by atoms with E-state index in [-0.39, 0.29) is 12.2 Å². The van der Waals surface area contributed by atoms with Crippen molar-refractivity contribution in [1.29, 1.82) is 0 Å². The summed E-state index contributed by atoms with van der Waals surface area (Å²) in [7, 11) is 0. The van der Waals surface area contributed by atoms with Crippen LogP contribution in [0, 0.1) is 0 Å². The molecule has 2 rings (SSSR count). The largest absolute Gasteiger partial charge is 0.366 e. The van der Waals surface area contributed by atoms with E-state index in [0.717, 1.165) is 18.7 Å². The van der Waals surface area contributed by atoms with Gasteiger partial charge < -0.3 is 10.5 Å². The molecule has 66 valence electrons. The molecular formula is C7H12N4O. The predicted molar refractivity (Wildman–Crippen MR) is 42.3 cm³/mol.